The molecule has 1 atom stereocenters. The van der Waals surface area contributed by atoms with Gasteiger partial charge in [-0.3, -0.25) is 0 Å². The van der Waals surface area contributed by atoms with Crippen molar-refractivity contribution in [2.45, 2.75) is 6.42 Å². The zero-order valence-electron chi connectivity index (χ0n) is 14.5. The van der Waals surface area contributed by atoms with Crippen molar-refractivity contribution in [3.63, 3.8) is 0 Å². The van der Waals surface area contributed by atoms with Crippen molar-refractivity contribution < 1.29 is 30.9 Å². The largest absolute Gasteiger partial charge is 2.00 e. The minimum absolute atomic E-state index is 0. The summed E-state index contributed by atoms with van der Waals surface area (Å²) >= 11 is 0. The summed E-state index contributed by atoms with van der Waals surface area (Å²) < 4.78 is 5.33. The van der Waals surface area contributed by atoms with E-state index in [0.717, 1.165) is 25.2 Å². The van der Waals surface area contributed by atoms with Gasteiger partial charge in [0.2, 0.25) is 0 Å². The van der Waals surface area contributed by atoms with Gasteiger partial charge >= 0.3 is 26.2 Å². The van der Waals surface area contributed by atoms with E-state index in [2.05, 4.69) is 25.1 Å². The van der Waals surface area contributed by atoms with Crippen molar-refractivity contribution in [2.24, 2.45) is 5.92 Å². The molecule has 1 aromatic carbocycles. The van der Waals surface area contributed by atoms with Crippen molar-refractivity contribution in [2.75, 3.05) is 13.2 Å². The fraction of sp³-hybridized carbons (Fsp3) is 0.174. The molecule has 0 bridgehead atoms. The topological polar surface area (TPSA) is 9.23 Å². The van der Waals surface area contributed by atoms with E-state index in [1.807, 2.05) is 82.4 Å². The van der Waals surface area contributed by atoms with Crippen LogP contribution in [0.5, 0.6) is 0 Å². The number of benzene rings is 1. The second-order valence-corrected chi connectivity index (χ2v) is 5.46. The number of rotatable bonds is 1. The van der Waals surface area contributed by atoms with Crippen LogP contribution in [0, 0.1) is 83.1 Å². The maximum Gasteiger partial charge on any atom is 2.00 e. The summed E-state index contributed by atoms with van der Waals surface area (Å²) in [7, 11) is 0. The van der Waals surface area contributed by atoms with E-state index in [9.17, 15) is 0 Å². The minimum Gasteiger partial charge on any atom is -0.383 e. The van der Waals surface area contributed by atoms with Gasteiger partial charge in [-0.15, -0.1) is 18.1 Å². The van der Waals surface area contributed by atoms with E-state index in [1.54, 1.807) is 0 Å². The van der Waals surface area contributed by atoms with Crippen LogP contribution in [-0.4, -0.2) is 13.2 Å². The summed E-state index contributed by atoms with van der Waals surface area (Å²) in [5, 5.41) is 0. The third kappa shape index (κ3) is 10.5. The summed E-state index contributed by atoms with van der Waals surface area (Å²) in [6, 6.07) is 10.2. The molecular formula is C23H24OZr. The van der Waals surface area contributed by atoms with Crippen molar-refractivity contribution in [3.8, 4) is 0 Å². The molecule has 1 aromatic rings. The first-order valence-electron chi connectivity index (χ1n) is 8.28. The van der Waals surface area contributed by atoms with Gasteiger partial charge in [0.15, 0.2) is 0 Å². The van der Waals surface area contributed by atoms with E-state index >= 15 is 0 Å². The Morgan fingerprint density at radius 2 is 1.28 bits per heavy atom. The molecular weight excluding hydrogens is 383 g/mol. The van der Waals surface area contributed by atoms with Gasteiger partial charge < -0.3 is 11.7 Å². The monoisotopic (exact) mass is 406 g/mol. The van der Waals surface area contributed by atoms with Gasteiger partial charge in [-0.05, 0) is 70.6 Å². The molecule has 1 nitrogen and oxygen atoms in total. The van der Waals surface area contributed by atoms with Crippen LogP contribution in [-0.2, 0) is 30.9 Å². The fourth-order valence-corrected chi connectivity index (χ4v) is 2.23. The molecule has 3 aliphatic rings. The maximum absolute atomic E-state index is 5.33. The quantitative estimate of drug-likeness (QED) is 0.615. The second kappa shape index (κ2) is 14.9. The van der Waals surface area contributed by atoms with E-state index in [0.29, 0.717) is 0 Å². The van der Waals surface area contributed by atoms with Gasteiger partial charge in [-0.2, -0.15) is 29.3 Å². The van der Waals surface area contributed by atoms with Crippen LogP contribution in [0.25, 0.3) is 0 Å². The van der Waals surface area contributed by atoms with Gasteiger partial charge in [0.1, 0.15) is 0 Å². The molecule has 0 amide bonds. The van der Waals surface area contributed by atoms with Gasteiger partial charge in [0.25, 0.3) is 0 Å². The average Bonchev–Trinajstić information content (AvgIpc) is 3.37. The summed E-state index contributed by atoms with van der Waals surface area (Å²) in [5.74, 6) is 0.268. The molecule has 0 aromatic heterocycles. The molecule has 3 fully saturated rings. The number of hydrogen-bond donors (Lipinski definition) is 0. The van der Waals surface area contributed by atoms with Crippen LogP contribution in [0.1, 0.15) is 12.0 Å². The molecule has 2 aliphatic carbocycles. The SMILES string of the molecule is [CH2-]C1COCCC1=[C-]c1ccccc1.[CH]1[CH][CH][CH][CH]1.[CH]1[CH][CH][CH][CH]1.[Zr+2]. The Kier molecular flexibility index (Phi) is 13.6. The van der Waals surface area contributed by atoms with Crippen molar-refractivity contribution in [3.05, 3.63) is 119 Å². The third-order valence-corrected chi connectivity index (χ3v) is 3.52. The second-order valence-electron chi connectivity index (χ2n) is 5.46. The first-order chi connectivity index (χ1) is 11.9. The van der Waals surface area contributed by atoms with Crippen molar-refractivity contribution in [1.29, 1.82) is 0 Å². The van der Waals surface area contributed by atoms with Crippen molar-refractivity contribution >= 4 is 0 Å². The van der Waals surface area contributed by atoms with Crippen molar-refractivity contribution in [1.82, 2.24) is 0 Å². The molecule has 1 unspecified atom stereocenters. The molecule has 10 radical (unpaired) electrons. The van der Waals surface area contributed by atoms with Crippen LogP contribution in [0.2, 0.25) is 0 Å². The Morgan fingerprint density at radius 1 is 0.800 bits per heavy atom. The first-order valence-corrected chi connectivity index (χ1v) is 8.28. The van der Waals surface area contributed by atoms with E-state index in [4.69, 9.17) is 4.74 Å². The third-order valence-electron chi connectivity index (χ3n) is 3.52. The summed E-state index contributed by atoms with van der Waals surface area (Å²) in [5.41, 5.74) is 2.42. The summed E-state index contributed by atoms with van der Waals surface area (Å²) in [4.78, 5) is 0. The molecule has 1 aliphatic heterocycles. The fourth-order valence-electron chi connectivity index (χ4n) is 2.23. The predicted molar refractivity (Wildman–Crippen MR) is 99.6 cm³/mol. The Labute approximate surface area is 174 Å². The number of ether oxygens (including phenoxy) is 1. The zero-order valence-corrected chi connectivity index (χ0v) is 16.9. The zero-order chi connectivity index (χ0) is 16.9. The van der Waals surface area contributed by atoms with E-state index in [1.165, 1.54) is 5.57 Å². The van der Waals surface area contributed by atoms with Crippen LogP contribution in [0.3, 0.4) is 0 Å². The Bertz CT molecular complexity index is 421. The Morgan fingerprint density at radius 3 is 1.72 bits per heavy atom. The molecule has 0 spiro atoms. The maximum atomic E-state index is 5.33. The van der Waals surface area contributed by atoms with Crippen LogP contribution >= 0.6 is 0 Å². The molecule has 1 saturated heterocycles. The number of hydrogen-bond acceptors (Lipinski definition) is 1. The summed E-state index contributed by atoms with van der Waals surface area (Å²) in [6.45, 7) is 5.59. The Balaban J connectivity index is 0.000000233. The van der Waals surface area contributed by atoms with Gasteiger partial charge in [-0.1, -0.05) is 6.07 Å². The normalized spacial score (nSPS) is 23.7. The van der Waals surface area contributed by atoms with E-state index < -0.39 is 0 Å². The van der Waals surface area contributed by atoms with Crippen LogP contribution in [0.4, 0.5) is 0 Å². The van der Waals surface area contributed by atoms with E-state index in [-0.39, 0.29) is 32.1 Å². The predicted octanol–water partition coefficient (Wildman–Crippen LogP) is 4.68. The summed E-state index contributed by atoms with van der Waals surface area (Å²) in [6.07, 6.45) is 24.4. The molecule has 4 rings (SSSR count). The molecule has 2 heteroatoms. The average molecular weight is 408 g/mol. The minimum atomic E-state index is 0. The molecule has 25 heavy (non-hydrogen) atoms. The van der Waals surface area contributed by atoms with Gasteiger partial charge in [0.05, 0.1) is 0 Å². The van der Waals surface area contributed by atoms with Crippen LogP contribution < -0.4 is 0 Å². The molecule has 2 saturated carbocycles. The molecule has 126 valence electrons. The standard InChI is InChI=1S/C13H14O.2C5H5.Zr/c1-11-10-14-8-7-13(11)9-12-5-3-2-4-6-12;2*1-2-4-5-3-1;/h2-6,11H,1,7-8,10H2;2*1-5H;/q-2;;;+2. The first kappa shape index (κ1) is 22.8. The molecule has 0 N–H and O–H groups in total. The Hall–Kier alpha value is -0.197. The van der Waals surface area contributed by atoms with Crippen LogP contribution in [0.15, 0.2) is 35.9 Å². The smallest absolute Gasteiger partial charge is 0.383 e. The van der Waals surface area contributed by atoms with Gasteiger partial charge in [-0.25, -0.2) is 0 Å². The molecule has 1 heterocycles. The van der Waals surface area contributed by atoms with Gasteiger partial charge in [0, 0.05) is 13.2 Å².